The van der Waals surface area contributed by atoms with Crippen LogP contribution in [0.4, 0.5) is 0 Å². The Morgan fingerprint density at radius 1 is 1.11 bits per heavy atom. The maximum absolute atomic E-state index is 13.1. The fraction of sp³-hybridized carbons (Fsp3) is 0.391. The summed E-state index contributed by atoms with van der Waals surface area (Å²) in [6.07, 6.45) is 1.90. The van der Waals surface area contributed by atoms with E-state index >= 15 is 0 Å². The molecule has 2 aromatic carbocycles. The predicted molar refractivity (Wildman–Crippen MR) is 108 cm³/mol. The molecule has 4 atom stereocenters. The first-order chi connectivity index (χ1) is 13.8. The van der Waals surface area contributed by atoms with Gasteiger partial charge >= 0.3 is 0 Å². The second-order valence-corrected chi connectivity index (χ2v) is 7.38. The van der Waals surface area contributed by atoms with Gasteiger partial charge in [-0.3, -0.25) is 9.79 Å². The number of carbonyl (C=O) groups is 1. The average Bonchev–Trinajstić information content (AvgIpc) is 3.50. The van der Waals surface area contributed by atoms with Crippen molar-refractivity contribution in [3.63, 3.8) is 0 Å². The Bertz CT molecular complexity index is 803. The van der Waals surface area contributed by atoms with Crippen LogP contribution in [0.2, 0.25) is 0 Å². The van der Waals surface area contributed by atoms with Gasteiger partial charge in [0.1, 0.15) is 0 Å². The van der Waals surface area contributed by atoms with Crippen molar-refractivity contribution in [3.05, 3.63) is 71.8 Å². The molecule has 0 radical (unpaired) electrons. The van der Waals surface area contributed by atoms with Gasteiger partial charge in [0, 0.05) is 31.1 Å². The van der Waals surface area contributed by atoms with Gasteiger partial charge in [-0.2, -0.15) is 0 Å². The summed E-state index contributed by atoms with van der Waals surface area (Å²) in [5.41, 5.74) is 2.15. The minimum Gasteiger partial charge on any atom is -0.394 e. The molecule has 1 amide bonds. The topological polar surface area (TPSA) is 62.1 Å². The van der Waals surface area contributed by atoms with Crippen LogP contribution < -0.4 is 0 Å². The number of amides is 1. The molecule has 146 valence electrons. The van der Waals surface area contributed by atoms with Gasteiger partial charge in [0.25, 0.3) is 0 Å². The van der Waals surface area contributed by atoms with Crippen LogP contribution in [-0.2, 0) is 9.53 Å². The van der Waals surface area contributed by atoms with E-state index in [0.29, 0.717) is 26.3 Å². The summed E-state index contributed by atoms with van der Waals surface area (Å²) in [7, 11) is 0. The zero-order valence-corrected chi connectivity index (χ0v) is 15.9. The number of ether oxygens (including phenoxy) is 1. The van der Waals surface area contributed by atoms with Gasteiger partial charge in [-0.15, -0.1) is 0 Å². The van der Waals surface area contributed by atoms with E-state index in [1.54, 1.807) is 0 Å². The SMILES string of the molecule is O=C([C@@H]1[C@@H](C=N[C@H](CO)c2ccccc2)[C@@H]1c1ccccc1)N1CCOCC1. The van der Waals surface area contributed by atoms with E-state index in [2.05, 4.69) is 17.1 Å². The molecule has 28 heavy (non-hydrogen) atoms. The zero-order chi connectivity index (χ0) is 19.3. The lowest BCUT2D eigenvalue weighted by molar-refractivity contribution is -0.136. The first kappa shape index (κ1) is 18.8. The number of carbonyl (C=O) groups excluding carboxylic acids is 1. The lowest BCUT2D eigenvalue weighted by Gasteiger charge is -2.27. The fourth-order valence-corrected chi connectivity index (χ4v) is 4.05. The van der Waals surface area contributed by atoms with Crippen LogP contribution in [0, 0.1) is 11.8 Å². The Labute approximate surface area is 165 Å². The Kier molecular flexibility index (Phi) is 5.84. The van der Waals surface area contributed by atoms with E-state index in [9.17, 15) is 9.90 Å². The molecule has 0 bridgehead atoms. The molecule has 2 aliphatic rings. The largest absolute Gasteiger partial charge is 0.394 e. The zero-order valence-electron chi connectivity index (χ0n) is 15.9. The molecule has 4 rings (SSSR count). The molecular weight excluding hydrogens is 352 g/mol. The second-order valence-electron chi connectivity index (χ2n) is 7.38. The molecule has 1 heterocycles. The first-order valence-corrected chi connectivity index (χ1v) is 9.90. The molecule has 2 aromatic rings. The molecule has 2 fully saturated rings. The number of aliphatic imine (C=N–C) groups is 1. The Hall–Kier alpha value is -2.50. The first-order valence-electron chi connectivity index (χ1n) is 9.90. The third-order valence-electron chi connectivity index (χ3n) is 5.66. The molecular formula is C23H26N2O3. The Balaban J connectivity index is 1.53. The van der Waals surface area contributed by atoms with Crippen LogP contribution in [0.3, 0.4) is 0 Å². The molecule has 0 aromatic heterocycles. The molecule has 0 spiro atoms. The van der Waals surface area contributed by atoms with Crippen molar-refractivity contribution in [2.45, 2.75) is 12.0 Å². The van der Waals surface area contributed by atoms with E-state index in [4.69, 9.17) is 4.74 Å². The highest BCUT2D eigenvalue weighted by molar-refractivity contribution is 5.90. The number of rotatable bonds is 6. The fourth-order valence-electron chi connectivity index (χ4n) is 4.05. The van der Waals surface area contributed by atoms with Crippen LogP contribution in [0.5, 0.6) is 0 Å². The minimum absolute atomic E-state index is 0.0503. The molecule has 1 N–H and O–H groups in total. The highest BCUT2D eigenvalue weighted by Crippen LogP contribution is 2.54. The summed E-state index contributed by atoms with van der Waals surface area (Å²) in [5, 5.41) is 9.77. The molecule has 1 saturated heterocycles. The number of morpholine rings is 1. The van der Waals surface area contributed by atoms with Crippen molar-refractivity contribution in [1.29, 1.82) is 0 Å². The highest BCUT2D eigenvalue weighted by Gasteiger charge is 2.55. The third kappa shape index (κ3) is 4.01. The maximum atomic E-state index is 13.1. The molecule has 5 heteroatoms. The minimum atomic E-state index is -0.294. The lowest BCUT2D eigenvalue weighted by Crippen LogP contribution is -2.42. The van der Waals surface area contributed by atoms with Crippen molar-refractivity contribution < 1.29 is 14.6 Å². The van der Waals surface area contributed by atoms with Gasteiger partial charge in [0.2, 0.25) is 5.91 Å². The third-order valence-corrected chi connectivity index (χ3v) is 5.66. The molecule has 1 aliphatic carbocycles. The van der Waals surface area contributed by atoms with Crippen LogP contribution in [0.25, 0.3) is 0 Å². The van der Waals surface area contributed by atoms with Crippen molar-refractivity contribution in [2.75, 3.05) is 32.9 Å². The average molecular weight is 378 g/mol. The van der Waals surface area contributed by atoms with Gasteiger partial charge in [-0.1, -0.05) is 60.7 Å². The van der Waals surface area contributed by atoms with E-state index < -0.39 is 0 Å². The summed E-state index contributed by atoms with van der Waals surface area (Å²) in [6.45, 7) is 2.47. The summed E-state index contributed by atoms with van der Waals surface area (Å²) in [5.74, 6) is 0.319. The number of aliphatic hydroxyl groups is 1. The van der Waals surface area contributed by atoms with E-state index in [1.165, 1.54) is 5.56 Å². The van der Waals surface area contributed by atoms with Crippen LogP contribution in [-0.4, -0.2) is 55.0 Å². The van der Waals surface area contributed by atoms with Crippen LogP contribution in [0.15, 0.2) is 65.7 Å². The van der Waals surface area contributed by atoms with Crippen LogP contribution in [0.1, 0.15) is 23.1 Å². The van der Waals surface area contributed by atoms with E-state index in [-0.39, 0.29) is 36.3 Å². The van der Waals surface area contributed by atoms with E-state index in [0.717, 1.165) is 5.56 Å². The Morgan fingerprint density at radius 2 is 1.75 bits per heavy atom. The molecule has 1 saturated carbocycles. The number of aliphatic hydroxyl groups excluding tert-OH is 1. The maximum Gasteiger partial charge on any atom is 0.227 e. The number of benzene rings is 2. The number of hydrogen-bond acceptors (Lipinski definition) is 4. The molecule has 0 unspecified atom stereocenters. The summed E-state index contributed by atoms with van der Waals surface area (Å²) in [4.78, 5) is 19.7. The predicted octanol–water partition coefficient (Wildman–Crippen LogP) is 2.68. The lowest BCUT2D eigenvalue weighted by atomic mass is 10.1. The van der Waals surface area contributed by atoms with Gasteiger partial charge in [0.15, 0.2) is 0 Å². The van der Waals surface area contributed by atoms with Gasteiger partial charge in [-0.05, 0) is 11.1 Å². The van der Waals surface area contributed by atoms with Gasteiger partial charge in [-0.25, -0.2) is 0 Å². The number of hydrogen-bond donors (Lipinski definition) is 1. The molecule has 5 nitrogen and oxygen atoms in total. The Morgan fingerprint density at radius 3 is 2.39 bits per heavy atom. The normalized spacial score (nSPS) is 25.6. The smallest absolute Gasteiger partial charge is 0.227 e. The number of nitrogens with zero attached hydrogens (tertiary/aromatic N) is 2. The van der Waals surface area contributed by atoms with Gasteiger partial charge < -0.3 is 14.7 Å². The standard InChI is InChI=1S/C23H26N2O3/c26-16-20(17-7-3-1-4-8-17)24-15-19-21(18-9-5-2-6-10-18)22(19)23(27)25-11-13-28-14-12-25/h1-10,15,19-22,26H,11-14,16H2/t19-,20+,21-,22+/m0/s1. The van der Waals surface area contributed by atoms with Crippen molar-refractivity contribution in [2.24, 2.45) is 16.8 Å². The van der Waals surface area contributed by atoms with Gasteiger partial charge in [0.05, 0.1) is 31.8 Å². The highest BCUT2D eigenvalue weighted by atomic mass is 16.5. The van der Waals surface area contributed by atoms with Crippen molar-refractivity contribution in [1.82, 2.24) is 4.90 Å². The second kappa shape index (κ2) is 8.67. The quantitative estimate of drug-likeness (QED) is 0.786. The monoisotopic (exact) mass is 378 g/mol. The van der Waals surface area contributed by atoms with Crippen molar-refractivity contribution in [3.8, 4) is 0 Å². The van der Waals surface area contributed by atoms with Crippen LogP contribution >= 0.6 is 0 Å². The summed E-state index contributed by atoms with van der Waals surface area (Å²) in [6, 6.07) is 19.7. The van der Waals surface area contributed by atoms with E-state index in [1.807, 2.05) is 59.6 Å². The summed E-state index contributed by atoms with van der Waals surface area (Å²) < 4.78 is 5.38. The molecule has 1 aliphatic heterocycles. The summed E-state index contributed by atoms with van der Waals surface area (Å²) >= 11 is 0. The van der Waals surface area contributed by atoms with Crippen molar-refractivity contribution >= 4 is 12.1 Å².